The summed E-state index contributed by atoms with van der Waals surface area (Å²) in [6.45, 7) is 4.71. The van der Waals surface area contributed by atoms with Gasteiger partial charge in [0.1, 0.15) is 23.8 Å². The number of rotatable bonds is 9. The standard InChI is InChI=1S/C30H31F2N5O7/c1-41-24-15-19(16-25-27(24)44-18-43-25)17-37-11-9-36(10-12-37)13-14-42-30(40)35-34-28(38)20-5-2-3-8-23(20)33-29(39)26-21(31)6-4-7-22(26)32/h2-8,15-16H,9-14,17-18H2,1H3,(H,33,39)(H,34,38)(H,35,40). The van der Waals surface area contributed by atoms with Crippen LogP contribution >= 0.6 is 0 Å². The zero-order valence-electron chi connectivity index (χ0n) is 23.9. The molecule has 44 heavy (non-hydrogen) atoms. The second-order valence-corrected chi connectivity index (χ2v) is 9.96. The molecule has 2 aliphatic rings. The van der Waals surface area contributed by atoms with Crippen LogP contribution in [0.4, 0.5) is 19.3 Å². The summed E-state index contributed by atoms with van der Waals surface area (Å²) in [5.41, 5.74) is 4.59. The Hall–Kier alpha value is -4.95. The Bertz CT molecular complexity index is 1510. The number of hydrogen-bond donors (Lipinski definition) is 3. The maximum atomic E-state index is 14.0. The number of fused-ring (bicyclic) bond motifs is 1. The van der Waals surface area contributed by atoms with E-state index in [1.165, 1.54) is 24.3 Å². The topological polar surface area (TPSA) is 131 Å². The molecule has 2 aliphatic heterocycles. The van der Waals surface area contributed by atoms with E-state index in [4.69, 9.17) is 18.9 Å². The van der Waals surface area contributed by atoms with E-state index >= 15 is 0 Å². The third-order valence-electron chi connectivity index (χ3n) is 7.12. The molecule has 0 radical (unpaired) electrons. The normalized spacial score (nSPS) is 14.5. The molecule has 14 heteroatoms. The van der Waals surface area contributed by atoms with Crippen LogP contribution in [0.5, 0.6) is 17.2 Å². The molecule has 1 fully saturated rings. The van der Waals surface area contributed by atoms with E-state index in [2.05, 4.69) is 26.0 Å². The van der Waals surface area contributed by atoms with E-state index in [1.54, 1.807) is 7.11 Å². The lowest BCUT2D eigenvalue weighted by Crippen LogP contribution is -2.47. The number of halogens is 2. The van der Waals surface area contributed by atoms with Gasteiger partial charge in [-0.2, -0.15) is 0 Å². The van der Waals surface area contributed by atoms with Crippen molar-refractivity contribution in [2.45, 2.75) is 6.54 Å². The number of hydrazine groups is 1. The average molecular weight is 612 g/mol. The molecule has 0 aliphatic carbocycles. The number of amides is 3. The first kappa shape index (κ1) is 30.5. The van der Waals surface area contributed by atoms with Gasteiger partial charge < -0.3 is 24.3 Å². The second kappa shape index (κ2) is 14.0. The highest BCUT2D eigenvalue weighted by Crippen LogP contribution is 2.42. The Kier molecular flexibility index (Phi) is 9.72. The van der Waals surface area contributed by atoms with Crippen molar-refractivity contribution in [1.29, 1.82) is 0 Å². The molecule has 1 saturated heterocycles. The van der Waals surface area contributed by atoms with E-state index in [1.807, 2.05) is 12.1 Å². The highest BCUT2D eigenvalue weighted by Gasteiger charge is 2.23. The second-order valence-electron chi connectivity index (χ2n) is 9.96. The number of nitrogens with zero attached hydrogens (tertiary/aromatic N) is 2. The Morgan fingerprint density at radius 2 is 1.61 bits per heavy atom. The maximum Gasteiger partial charge on any atom is 0.426 e. The van der Waals surface area contributed by atoms with Gasteiger partial charge in [0, 0.05) is 39.3 Å². The van der Waals surface area contributed by atoms with Crippen molar-refractivity contribution in [2.75, 3.05) is 58.6 Å². The number of benzene rings is 3. The van der Waals surface area contributed by atoms with Crippen LogP contribution in [0, 0.1) is 11.6 Å². The highest BCUT2D eigenvalue weighted by atomic mass is 19.1. The molecule has 0 aromatic heterocycles. The molecule has 3 amide bonds. The third-order valence-corrected chi connectivity index (χ3v) is 7.12. The van der Waals surface area contributed by atoms with E-state index in [0.29, 0.717) is 23.8 Å². The fourth-order valence-corrected chi connectivity index (χ4v) is 4.87. The molecule has 12 nitrogen and oxygen atoms in total. The fourth-order valence-electron chi connectivity index (χ4n) is 4.87. The van der Waals surface area contributed by atoms with Gasteiger partial charge in [-0.15, -0.1) is 0 Å². The molecule has 0 saturated carbocycles. The average Bonchev–Trinajstić information content (AvgIpc) is 3.49. The first-order valence-corrected chi connectivity index (χ1v) is 13.8. The number of hydrogen-bond acceptors (Lipinski definition) is 9. The van der Waals surface area contributed by atoms with Crippen molar-refractivity contribution in [2.24, 2.45) is 0 Å². The van der Waals surface area contributed by atoms with Gasteiger partial charge in [-0.25, -0.2) is 19.0 Å². The van der Waals surface area contributed by atoms with Crippen molar-refractivity contribution in [3.05, 3.63) is 82.9 Å². The molecule has 3 N–H and O–H groups in total. The number of carbonyl (C=O) groups excluding carboxylic acids is 3. The maximum absolute atomic E-state index is 14.0. The molecule has 0 atom stereocenters. The smallest absolute Gasteiger partial charge is 0.426 e. The largest absolute Gasteiger partial charge is 0.493 e. The summed E-state index contributed by atoms with van der Waals surface area (Å²) >= 11 is 0. The highest BCUT2D eigenvalue weighted by molar-refractivity contribution is 6.09. The molecule has 3 aromatic rings. The third kappa shape index (κ3) is 7.33. The van der Waals surface area contributed by atoms with Crippen molar-refractivity contribution in [3.63, 3.8) is 0 Å². The fraction of sp³-hybridized carbons (Fsp3) is 0.300. The summed E-state index contributed by atoms with van der Waals surface area (Å²) in [4.78, 5) is 41.8. The quantitative estimate of drug-likeness (QED) is 0.313. The summed E-state index contributed by atoms with van der Waals surface area (Å²) in [6.07, 6.45) is -0.872. The lowest BCUT2D eigenvalue weighted by molar-refractivity contribution is 0.0843. The summed E-state index contributed by atoms with van der Waals surface area (Å²) in [7, 11) is 1.60. The molecule has 5 rings (SSSR count). The lowest BCUT2D eigenvalue weighted by Gasteiger charge is -2.34. The predicted octanol–water partition coefficient (Wildman–Crippen LogP) is 3.14. The minimum absolute atomic E-state index is 0.00961. The van der Waals surface area contributed by atoms with Crippen LogP contribution in [0.1, 0.15) is 26.3 Å². The minimum atomic E-state index is -1.07. The summed E-state index contributed by atoms with van der Waals surface area (Å²) < 4.78 is 49.6. The Labute approximate surface area is 251 Å². The van der Waals surface area contributed by atoms with Gasteiger partial charge in [0.25, 0.3) is 11.8 Å². The number of nitrogens with one attached hydrogen (secondary N) is 3. The molecule has 0 unspecified atom stereocenters. The summed E-state index contributed by atoms with van der Waals surface area (Å²) in [5, 5.41) is 2.33. The molecule has 3 aromatic carbocycles. The monoisotopic (exact) mass is 611 g/mol. The van der Waals surface area contributed by atoms with Gasteiger partial charge in [0.2, 0.25) is 12.5 Å². The first-order chi connectivity index (χ1) is 21.3. The zero-order valence-corrected chi connectivity index (χ0v) is 23.9. The molecule has 0 bridgehead atoms. The minimum Gasteiger partial charge on any atom is -0.493 e. The number of ether oxygens (including phenoxy) is 4. The number of methoxy groups -OCH3 is 1. The van der Waals surface area contributed by atoms with Gasteiger partial charge in [-0.3, -0.25) is 24.8 Å². The number of para-hydroxylation sites is 1. The van der Waals surface area contributed by atoms with Crippen LogP contribution in [0.15, 0.2) is 54.6 Å². The van der Waals surface area contributed by atoms with Crippen LogP contribution in [-0.4, -0.2) is 80.9 Å². The van der Waals surface area contributed by atoms with Crippen LogP contribution in [0.2, 0.25) is 0 Å². The Balaban J connectivity index is 1.03. The molecule has 232 valence electrons. The van der Waals surface area contributed by atoms with Gasteiger partial charge in [0.05, 0.1) is 18.4 Å². The first-order valence-electron chi connectivity index (χ1n) is 13.8. The van der Waals surface area contributed by atoms with Gasteiger partial charge in [0.15, 0.2) is 11.5 Å². The lowest BCUT2D eigenvalue weighted by atomic mass is 10.1. The molecular formula is C30H31F2N5O7. The molecular weight excluding hydrogens is 580 g/mol. The van der Waals surface area contributed by atoms with E-state index in [0.717, 1.165) is 56.5 Å². The summed E-state index contributed by atoms with van der Waals surface area (Å²) in [6, 6.07) is 12.8. The molecule has 2 heterocycles. The van der Waals surface area contributed by atoms with Gasteiger partial charge >= 0.3 is 6.09 Å². The van der Waals surface area contributed by atoms with Gasteiger partial charge in [-0.05, 0) is 42.0 Å². The van der Waals surface area contributed by atoms with Crippen molar-refractivity contribution >= 4 is 23.6 Å². The van der Waals surface area contributed by atoms with Crippen molar-refractivity contribution < 1.29 is 42.1 Å². The Morgan fingerprint density at radius 1 is 0.886 bits per heavy atom. The van der Waals surface area contributed by atoms with Crippen LogP contribution in [0.25, 0.3) is 0 Å². The van der Waals surface area contributed by atoms with Crippen molar-refractivity contribution in [3.8, 4) is 17.2 Å². The number of carbonyl (C=O) groups is 3. The predicted molar refractivity (Wildman–Crippen MR) is 154 cm³/mol. The molecule has 0 spiro atoms. The number of anilines is 1. The van der Waals surface area contributed by atoms with Crippen LogP contribution in [-0.2, 0) is 11.3 Å². The van der Waals surface area contributed by atoms with Crippen molar-refractivity contribution in [1.82, 2.24) is 20.7 Å². The van der Waals surface area contributed by atoms with Crippen LogP contribution in [0.3, 0.4) is 0 Å². The van der Waals surface area contributed by atoms with E-state index in [-0.39, 0.29) is 24.7 Å². The van der Waals surface area contributed by atoms with Gasteiger partial charge in [-0.1, -0.05) is 18.2 Å². The summed E-state index contributed by atoms with van der Waals surface area (Å²) in [5.74, 6) is -1.98. The zero-order chi connectivity index (χ0) is 31.1. The number of piperazine rings is 1. The van der Waals surface area contributed by atoms with E-state index in [9.17, 15) is 23.2 Å². The van der Waals surface area contributed by atoms with E-state index < -0.39 is 35.1 Å². The SMILES string of the molecule is COc1cc(CN2CCN(CCOC(=O)NNC(=O)c3ccccc3NC(=O)c3c(F)cccc3F)CC2)cc2c1OCO2. The van der Waals surface area contributed by atoms with Crippen LogP contribution < -0.4 is 30.4 Å². The Morgan fingerprint density at radius 3 is 2.36 bits per heavy atom.